The van der Waals surface area contributed by atoms with Gasteiger partial charge in [-0.1, -0.05) is 35.4 Å². The van der Waals surface area contributed by atoms with Crippen LogP contribution in [0.15, 0.2) is 30.3 Å². The van der Waals surface area contributed by atoms with Crippen molar-refractivity contribution in [2.24, 2.45) is 5.73 Å². The number of rotatable bonds is 4. The Morgan fingerprint density at radius 3 is 2.40 bits per heavy atom. The van der Waals surface area contributed by atoms with Crippen LogP contribution in [0.2, 0.25) is 5.02 Å². The normalized spacial score (nSPS) is 10.4. The first-order valence-electron chi connectivity index (χ1n) is 6.32. The van der Waals surface area contributed by atoms with Crippen LogP contribution in [0.25, 0.3) is 11.1 Å². The molecular weight excluding hydrogens is 274 g/mol. The van der Waals surface area contributed by atoms with Crippen LogP contribution in [0.1, 0.15) is 11.1 Å². The van der Waals surface area contributed by atoms with Crippen molar-refractivity contribution in [3.8, 4) is 22.6 Å². The van der Waals surface area contributed by atoms with Crippen LogP contribution in [0.3, 0.4) is 0 Å². The summed E-state index contributed by atoms with van der Waals surface area (Å²) in [5, 5.41) is 0.469. The van der Waals surface area contributed by atoms with Gasteiger partial charge < -0.3 is 15.2 Å². The highest BCUT2D eigenvalue weighted by atomic mass is 35.5. The Labute approximate surface area is 124 Å². The summed E-state index contributed by atoms with van der Waals surface area (Å²) in [6, 6.07) is 9.94. The van der Waals surface area contributed by atoms with Crippen LogP contribution in [-0.2, 0) is 6.54 Å². The predicted octanol–water partition coefficient (Wildman–Crippen LogP) is 3.79. The molecule has 0 unspecified atom stereocenters. The van der Waals surface area contributed by atoms with Gasteiger partial charge in [0.1, 0.15) is 16.5 Å². The fraction of sp³-hybridized carbons (Fsp3) is 0.250. The molecule has 2 N–H and O–H groups in total. The number of nitrogens with two attached hydrogens (primary N) is 1. The predicted molar refractivity (Wildman–Crippen MR) is 82.6 cm³/mol. The van der Waals surface area contributed by atoms with Gasteiger partial charge in [0.15, 0.2) is 0 Å². The topological polar surface area (TPSA) is 44.5 Å². The van der Waals surface area contributed by atoms with Crippen molar-refractivity contribution in [2.45, 2.75) is 13.5 Å². The molecule has 0 radical (unpaired) electrons. The van der Waals surface area contributed by atoms with Crippen LogP contribution >= 0.6 is 11.6 Å². The molecule has 0 amide bonds. The summed E-state index contributed by atoms with van der Waals surface area (Å²) in [5.74, 6) is 1.19. The van der Waals surface area contributed by atoms with Crippen molar-refractivity contribution in [3.63, 3.8) is 0 Å². The molecule has 0 fully saturated rings. The Hall–Kier alpha value is -1.71. The van der Waals surface area contributed by atoms with E-state index in [0.717, 1.165) is 22.3 Å². The number of ether oxygens (including phenoxy) is 2. The molecular formula is C16H18ClNO2. The molecule has 0 aliphatic heterocycles. The van der Waals surface area contributed by atoms with Gasteiger partial charge in [-0.25, -0.2) is 0 Å². The molecule has 0 aliphatic carbocycles. The van der Waals surface area contributed by atoms with Crippen LogP contribution in [0.4, 0.5) is 0 Å². The van der Waals surface area contributed by atoms with E-state index in [1.165, 1.54) is 0 Å². The third-order valence-electron chi connectivity index (χ3n) is 3.26. The van der Waals surface area contributed by atoms with Gasteiger partial charge in [-0.2, -0.15) is 0 Å². The summed E-state index contributed by atoms with van der Waals surface area (Å²) in [6.07, 6.45) is 0. The molecule has 2 aromatic rings. The Bertz CT molecular complexity index is 626. The van der Waals surface area contributed by atoms with E-state index >= 15 is 0 Å². The molecule has 0 atom stereocenters. The van der Waals surface area contributed by atoms with Gasteiger partial charge in [0.05, 0.1) is 14.2 Å². The first-order chi connectivity index (χ1) is 9.62. The molecule has 20 heavy (non-hydrogen) atoms. The molecule has 3 nitrogen and oxygen atoms in total. The summed E-state index contributed by atoms with van der Waals surface area (Å²) in [4.78, 5) is 0. The van der Waals surface area contributed by atoms with Crippen molar-refractivity contribution in [1.29, 1.82) is 0 Å². The number of hydrogen-bond acceptors (Lipinski definition) is 3. The monoisotopic (exact) mass is 291 g/mol. The molecule has 0 aliphatic rings. The third kappa shape index (κ3) is 2.60. The largest absolute Gasteiger partial charge is 0.495 e. The standard InChI is InChI=1S/C16H18ClNO2/c1-10-4-5-11(9-18)13(8-10)12-6-7-14(19-2)15(17)16(12)20-3/h4-8H,9,18H2,1-3H3. The highest BCUT2D eigenvalue weighted by Gasteiger charge is 2.16. The Morgan fingerprint density at radius 2 is 1.80 bits per heavy atom. The van der Waals surface area contributed by atoms with Gasteiger partial charge in [-0.05, 0) is 30.2 Å². The fourth-order valence-electron chi connectivity index (χ4n) is 2.23. The van der Waals surface area contributed by atoms with E-state index in [9.17, 15) is 0 Å². The number of hydrogen-bond donors (Lipinski definition) is 1. The maximum absolute atomic E-state index is 6.32. The van der Waals surface area contributed by atoms with E-state index < -0.39 is 0 Å². The lowest BCUT2D eigenvalue weighted by atomic mass is 9.96. The Morgan fingerprint density at radius 1 is 1.05 bits per heavy atom. The van der Waals surface area contributed by atoms with E-state index in [1.807, 2.05) is 31.2 Å². The van der Waals surface area contributed by atoms with Crippen molar-refractivity contribution in [1.82, 2.24) is 0 Å². The second-order valence-electron chi connectivity index (χ2n) is 4.53. The van der Waals surface area contributed by atoms with E-state index in [-0.39, 0.29) is 0 Å². The lowest BCUT2D eigenvalue weighted by molar-refractivity contribution is 0.396. The van der Waals surface area contributed by atoms with Gasteiger partial charge in [0.25, 0.3) is 0 Å². The fourth-order valence-corrected chi connectivity index (χ4v) is 2.55. The van der Waals surface area contributed by atoms with Crippen molar-refractivity contribution in [2.75, 3.05) is 14.2 Å². The molecule has 0 bridgehead atoms. The molecule has 0 saturated heterocycles. The maximum atomic E-state index is 6.32. The van der Waals surface area contributed by atoms with Gasteiger partial charge in [0, 0.05) is 12.1 Å². The third-order valence-corrected chi connectivity index (χ3v) is 3.62. The second-order valence-corrected chi connectivity index (χ2v) is 4.91. The molecule has 2 rings (SSSR count). The summed E-state index contributed by atoms with van der Waals surface area (Å²) in [7, 11) is 3.18. The van der Waals surface area contributed by atoms with Crippen LogP contribution in [0.5, 0.6) is 11.5 Å². The van der Waals surface area contributed by atoms with Crippen LogP contribution in [0, 0.1) is 6.92 Å². The highest BCUT2D eigenvalue weighted by Crippen LogP contribution is 2.42. The summed E-state index contributed by atoms with van der Waals surface area (Å²) in [5.41, 5.74) is 9.99. The Balaban J connectivity index is 2.69. The van der Waals surface area contributed by atoms with E-state index in [0.29, 0.717) is 23.1 Å². The minimum Gasteiger partial charge on any atom is -0.495 e. The average molecular weight is 292 g/mol. The molecule has 0 aromatic heterocycles. The van der Waals surface area contributed by atoms with Crippen LogP contribution < -0.4 is 15.2 Å². The van der Waals surface area contributed by atoms with E-state index in [4.69, 9.17) is 26.8 Å². The summed E-state index contributed by atoms with van der Waals surface area (Å²) < 4.78 is 10.7. The molecule has 2 aromatic carbocycles. The lowest BCUT2D eigenvalue weighted by Crippen LogP contribution is -2.01. The summed E-state index contributed by atoms with van der Waals surface area (Å²) in [6.45, 7) is 2.50. The van der Waals surface area contributed by atoms with Crippen molar-refractivity contribution >= 4 is 11.6 Å². The van der Waals surface area contributed by atoms with Gasteiger partial charge in [-0.15, -0.1) is 0 Å². The zero-order chi connectivity index (χ0) is 14.7. The van der Waals surface area contributed by atoms with Crippen molar-refractivity contribution < 1.29 is 9.47 Å². The Kier molecular flexibility index (Phi) is 4.53. The van der Waals surface area contributed by atoms with Gasteiger partial charge >= 0.3 is 0 Å². The minimum atomic E-state index is 0.461. The van der Waals surface area contributed by atoms with Gasteiger partial charge in [-0.3, -0.25) is 0 Å². The zero-order valence-electron chi connectivity index (χ0n) is 11.9. The molecule has 4 heteroatoms. The first-order valence-corrected chi connectivity index (χ1v) is 6.70. The average Bonchev–Trinajstić information content (AvgIpc) is 2.46. The van der Waals surface area contributed by atoms with Crippen LogP contribution in [-0.4, -0.2) is 14.2 Å². The lowest BCUT2D eigenvalue weighted by Gasteiger charge is -2.16. The first kappa shape index (κ1) is 14.7. The smallest absolute Gasteiger partial charge is 0.149 e. The molecule has 0 heterocycles. The van der Waals surface area contributed by atoms with E-state index in [1.54, 1.807) is 14.2 Å². The number of methoxy groups -OCH3 is 2. The summed E-state index contributed by atoms with van der Waals surface area (Å²) >= 11 is 6.32. The molecule has 0 spiro atoms. The maximum Gasteiger partial charge on any atom is 0.149 e. The SMILES string of the molecule is COc1ccc(-c2cc(C)ccc2CN)c(OC)c1Cl. The minimum absolute atomic E-state index is 0.461. The number of aryl methyl sites for hydroxylation is 1. The molecule has 106 valence electrons. The quantitative estimate of drug-likeness (QED) is 0.932. The number of benzene rings is 2. The highest BCUT2D eigenvalue weighted by molar-refractivity contribution is 6.34. The second kappa shape index (κ2) is 6.16. The van der Waals surface area contributed by atoms with Gasteiger partial charge in [0.2, 0.25) is 0 Å². The number of halogens is 1. The van der Waals surface area contributed by atoms with E-state index in [2.05, 4.69) is 6.07 Å². The molecule has 0 saturated carbocycles. The zero-order valence-corrected chi connectivity index (χ0v) is 12.6. The van der Waals surface area contributed by atoms with Crippen molar-refractivity contribution in [3.05, 3.63) is 46.5 Å².